The predicted octanol–water partition coefficient (Wildman–Crippen LogP) is 7.06. The highest BCUT2D eigenvalue weighted by Gasteiger charge is 2.31. The molecule has 0 aliphatic heterocycles. The molecule has 1 heterocycles. The number of carbonyl (C=O) groups is 1. The molecule has 0 aliphatic carbocycles. The monoisotopic (exact) mass is 414 g/mol. The minimum Gasteiger partial charge on any atom is -0.353 e. The topological polar surface area (TPSA) is 86.2 Å². The molecule has 0 saturated carbocycles. The molecule has 0 radical (unpaired) electrons. The lowest BCUT2D eigenvalue weighted by molar-refractivity contribution is -0.386. The number of unbranched alkanes of at least 4 members (excludes halogenated alkanes) is 11. The zero-order valence-electron chi connectivity index (χ0n) is 18.1. The molecule has 1 aromatic carbocycles. The van der Waals surface area contributed by atoms with Crippen LogP contribution in [0, 0.1) is 10.1 Å². The first kappa shape index (κ1) is 23.8. The normalized spacial score (nSPS) is 11.0. The van der Waals surface area contributed by atoms with E-state index in [4.69, 9.17) is 4.52 Å². The third kappa shape index (κ3) is 7.73. The molecule has 0 bridgehead atoms. The van der Waals surface area contributed by atoms with Crippen LogP contribution in [0.4, 0.5) is 5.69 Å². The summed E-state index contributed by atoms with van der Waals surface area (Å²) in [5, 5.41) is 15.2. The van der Waals surface area contributed by atoms with Gasteiger partial charge in [-0.1, -0.05) is 113 Å². The zero-order valence-corrected chi connectivity index (χ0v) is 18.1. The molecule has 30 heavy (non-hydrogen) atoms. The zero-order chi connectivity index (χ0) is 21.6. The van der Waals surface area contributed by atoms with Gasteiger partial charge in [0.2, 0.25) is 17.2 Å². The Bertz CT molecular complexity index is 771. The van der Waals surface area contributed by atoms with E-state index in [0.29, 0.717) is 12.0 Å². The molecule has 0 aliphatic rings. The number of nitro groups is 1. The van der Waals surface area contributed by atoms with Gasteiger partial charge in [0, 0.05) is 12.0 Å². The summed E-state index contributed by atoms with van der Waals surface area (Å²) in [6.07, 6.45) is 15.1. The third-order valence-corrected chi connectivity index (χ3v) is 5.43. The largest absolute Gasteiger partial charge is 0.353 e. The molecule has 2 aromatic rings. The second kappa shape index (κ2) is 13.7. The summed E-state index contributed by atoms with van der Waals surface area (Å²) in [7, 11) is 0. The molecule has 164 valence electrons. The molecule has 0 amide bonds. The second-order valence-electron chi connectivity index (χ2n) is 7.89. The Kier molecular flexibility index (Phi) is 10.8. The van der Waals surface area contributed by atoms with Gasteiger partial charge in [0.25, 0.3) is 0 Å². The molecule has 0 fully saturated rings. The van der Waals surface area contributed by atoms with Crippen molar-refractivity contribution < 1.29 is 14.2 Å². The number of aromatic nitrogens is 1. The summed E-state index contributed by atoms with van der Waals surface area (Å²) in [4.78, 5) is 23.5. The van der Waals surface area contributed by atoms with Crippen LogP contribution in [0.3, 0.4) is 0 Å². The van der Waals surface area contributed by atoms with Gasteiger partial charge in [-0.2, -0.15) is 0 Å². The van der Waals surface area contributed by atoms with Crippen LogP contribution in [-0.2, 0) is 6.42 Å². The first-order valence-corrected chi connectivity index (χ1v) is 11.4. The van der Waals surface area contributed by atoms with Crippen LogP contribution in [0.15, 0.2) is 34.9 Å². The maximum Gasteiger partial charge on any atom is 0.342 e. The van der Waals surface area contributed by atoms with Crippen molar-refractivity contribution in [1.29, 1.82) is 0 Å². The van der Waals surface area contributed by atoms with E-state index >= 15 is 0 Å². The fourth-order valence-corrected chi connectivity index (χ4v) is 3.67. The number of rotatable bonds is 16. The lowest BCUT2D eigenvalue weighted by Gasteiger charge is -2.02. The minimum atomic E-state index is -0.553. The smallest absolute Gasteiger partial charge is 0.342 e. The SMILES string of the molecule is CCCCCCCCCCCCCCc1onc(C(=O)c2ccccc2)c1[N+](=O)[O-]. The maximum atomic E-state index is 12.5. The van der Waals surface area contributed by atoms with Crippen molar-refractivity contribution in [2.45, 2.75) is 90.4 Å². The van der Waals surface area contributed by atoms with Crippen LogP contribution in [0.25, 0.3) is 0 Å². The highest BCUT2D eigenvalue weighted by Crippen LogP contribution is 2.27. The number of aryl methyl sites for hydroxylation is 1. The molecule has 0 spiro atoms. The van der Waals surface area contributed by atoms with E-state index in [-0.39, 0.29) is 17.1 Å². The standard InChI is InChI=1S/C24H34N2O4/c1-2-3-4-5-6-7-8-9-10-11-12-16-19-21-23(26(28)29)22(25-30-21)24(27)20-17-14-13-15-18-20/h13-15,17-18H,2-12,16,19H2,1H3. The van der Waals surface area contributed by atoms with E-state index in [1.807, 2.05) is 0 Å². The Morgan fingerprint density at radius 1 is 0.900 bits per heavy atom. The Balaban J connectivity index is 1.70. The van der Waals surface area contributed by atoms with Crippen molar-refractivity contribution in [1.82, 2.24) is 5.16 Å². The van der Waals surface area contributed by atoms with Gasteiger partial charge >= 0.3 is 5.69 Å². The van der Waals surface area contributed by atoms with Crippen LogP contribution >= 0.6 is 0 Å². The molecule has 0 saturated heterocycles. The van der Waals surface area contributed by atoms with E-state index < -0.39 is 10.7 Å². The minimum absolute atomic E-state index is 0.200. The summed E-state index contributed by atoms with van der Waals surface area (Å²) >= 11 is 0. The molecule has 6 heteroatoms. The fraction of sp³-hybridized carbons (Fsp3) is 0.583. The number of hydrogen-bond donors (Lipinski definition) is 0. The molecule has 1 aromatic heterocycles. The first-order valence-electron chi connectivity index (χ1n) is 11.4. The first-order chi connectivity index (χ1) is 14.6. The van der Waals surface area contributed by atoms with E-state index in [0.717, 1.165) is 19.3 Å². The predicted molar refractivity (Wildman–Crippen MR) is 118 cm³/mol. The quantitative estimate of drug-likeness (QED) is 0.127. The number of ketones is 1. The average Bonchev–Trinajstić information content (AvgIpc) is 3.19. The van der Waals surface area contributed by atoms with Crippen molar-refractivity contribution in [3.63, 3.8) is 0 Å². The van der Waals surface area contributed by atoms with Crippen molar-refractivity contribution in [2.75, 3.05) is 0 Å². The van der Waals surface area contributed by atoms with E-state index in [1.165, 1.54) is 57.8 Å². The highest BCUT2D eigenvalue weighted by molar-refractivity contribution is 6.10. The summed E-state index contributed by atoms with van der Waals surface area (Å²) < 4.78 is 5.19. The third-order valence-electron chi connectivity index (χ3n) is 5.43. The Labute approximate surface area is 179 Å². The Morgan fingerprint density at radius 2 is 1.43 bits per heavy atom. The summed E-state index contributed by atoms with van der Waals surface area (Å²) in [5.41, 5.74) is -0.127. The number of hydrogen-bond acceptors (Lipinski definition) is 5. The van der Waals surface area contributed by atoms with Gasteiger partial charge in [-0.05, 0) is 6.42 Å². The highest BCUT2D eigenvalue weighted by atomic mass is 16.6. The molecular weight excluding hydrogens is 380 g/mol. The van der Waals surface area contributed by atoms with Gasteiger partial charge in [-0.25, -0.2) is 0 Å². The average molecular weight is 415 g/mol. The summed E-state index contributed by atoms with van der Waals surface area (Å²) in [5.74, 6) is -0.279. The van der Waals surface area contributed by atoms with Gasteiger partial charge in [0.15, 0.2) is 0 Å². The van der Waals surface area contributed by atoms with Crippen molar-refractivity contribution in [3.05, 3.63) is 57.5 Å². The van der Waals surface area contributed by atoms with Gasteiger partial charge in [-0.15, -0.1) is 0 Å². The Morgan fingerprint density at radius 3 is 1.97 bits per heavy atom. The van der Waals surface area contributed by atoms with E-state index in [1.54, 1.807) is 30.3 Å². The van der Waals surface area contributed by atoms with Crippen molar-refractivity contribution >= 4 is 11.5 Å². The van der Waals surface area contributed by atoms with Crippen LogP contribution in [0.1, 0.15) is 106 Å². The van der Waals surface area contributed by atoms with Crippen LogP contribution in [0.2, 0.25) is 0 Å². The van der Waals surface area contributed by atoms with Gasteiger partial charge < -0.3 is 4.52 Å². The molecule has 6 nitrogen and oxygen atoms in total. The molecular formula is C24H34N2O4. The molecule has 0 unspecified atom stereocenters. The Hall–Kier alpha value is -2.50. The number of carbonyl (C=O) groups excluding carboxylic acids is 1. The number of nitrogens with zero attached hydrogens (tertiary/aromatic N) is 2. The maximum absolute atomic E-state index is 12.5. The van der Waals surface area contributed by atoms with Crippen LogP contribution < -0.4 is 0 Å². The van der Waals surface area contributed by atoms with Gasteiger partial charge in [0.1, 0.15) is 0 Å². The molecule has 0 N–H and O–H groups in total. The summed E-state index contributed by atoms with van der Waals surface area (Å²) in [6, 6.07) is 8.45. The van der Waals surface area contributed by atoms with Gasteiger partial charge in [-0.3, -0.25) is 14.9 Å². The lowest BCUT2D eigenvalue weighted by Crippen LogP contribution is -2.05. The summed E-state index contributed by atoms with van der Waals surface area (Å²) in [6.45, 7) is 2.24. The molecule has 2 rings (SSSR count). The van der Waals surface area contributed by atoms with Crippen molar-refractivity contribution in [3.8, 4) is 0 Å². The van der Waals surface area contributed by atoms with E-state index in [9.17, 15) is 14.9 Å². The second-order valence-corrected chi connectivity index (χ2v) is 7.89. The van der Waals surface area contributed by atoms with Gasteiger partial charge in [0.05, 0.1) is 4.92 Å². The van der Waals surface area contributed by atoms with E-state index in [2.05, 4.69) is 12.1 Å². The number of benzene rings is 1. The molecule has 0 atom stereocenters. The lowest BCUT2D eigenvalue weighted by atomic mass is 10.0. The fourth-order valence-electron chi connectivity index (χ4n) is 3.67. The van der Waals surface area contributed by atoms with Crippen molar-refractivity contribution in [2.24, 2.45) is 0 Å². The van der Waals surface area contributed by atoms with Crippen LogP contribution in [-0.4, -0.2) is 15.9 Å². The van der Waals surface area contributed by atoms with Crippen LogP contribution in [0.5, 0.6) is 0 Å².